The second-order valence-corrected chi connectivity index (χ2v) is 2.66. The van der Waals surface area contributed by atoms with Gasteiger partial charge in [-0.2, -0.15) is 0 Å². The molecular formula is C3H5BCl2. The van der Waals surface area contributed by atoms with Gasteiger partial charge in [-0.15, -0.1) is 23.2 Å². The van der Waals surface area contributed by atoms with E-state index in [1.807, 2.05) is 6.92 Å². The van der Waals surface area contributed by atoms with Crippen molar-refractivity contribution in [2.45, 2.75) is 17.6 Å². The van der Waals surface area contributed by atoms with Gasteiger partial charge >= 0.3 is 0 Å². The zero-order chi connectivity index (χ0) is 5.21. The molecule has 3 heteroatoms. The molecule has 0 rings (SSSR count). The number of alkyl halides is 2. The Balaban J connectivity index is 3.17. The van der Waals surface area contributed by atoms with Crippen molar-refractivity contribution in [3.05, 3.63) is 0 Å². The van der Waals surface area contributed by atoms with Crippen LogP contribution >= 0.6 is 23.2 Å². The maximum absolute atomic E-state index is 5.26. The SMILES string of the molecule is [B]C(Cl)(Cl)CC. The molecule has 0 N–H and O–H groups in total. The van der Waals surface area contributed by atoms with E-state index in [1.54, 1.807) is 0 Å². The largest absolute Gasteiger partial charge is 0.119 e. The van der Waals surface area contributed by atoms with E-state index < -0.39 is 4.23 Å². The van der Waals surface area contributed by atoms with E-state index >= 15 is 0 Å². The van der Waals surface area contributed by atoms with Crippen molar-refractivity contribution in [3.8, 4) is 0 Å². The molecule has 0 atom stereocenters. The summed E-state index contributed by atoms with van der Waals surface area (Å²) in [7, 11) is 5.07. The summed E-state index contributed by atoms with van der Waals surface area (Å²) in [6.45, 7) is 1.82. The third-order valence-corrected chi connectivity index (χ3v) is 1.01. The molecule has 2 radical (unpaired) electrons. The fourth-order valence-electron chi connectivity index (χ4n) is 0. The molecule has 0 spiro atoms. The zero-order valence-electron chi connectivity index (χ0n) is 3.54. The van der Waals surface area contributed by atoms with Gasteiger partial charge in [0, 0.05) is 0 Å². The lowest BCUT2D eigenvalue weighted by atomic mass is 10.0. The summed E-state index contributed by atoms with van der Waals surface area (Å²) in [6.07, 6.45) is 0.579. The van der Waals surface area contributed by atoms with Crippen molar-refractivity contribution in [3.63, 3.8) is 0 Å². The molecule has 0 aliphatic carbocycles. The van der Waals surface area contributed by atoms with Gasteiger partial charge in [0.25, 0.3) is 0 Å². The van der Waals surface area contributed by atoms with Crippen molar-refractivity contribution in [2.75, 3.05) is 0 Å². The van der Waals surface area contributed by atoms with Gasteiger partial charge < -0.3 is 0 Å². The normalized spacial score (nSPS) is 11.8. The van der Waals surface area contributed by atoms with Crippen molar-refractivity contribution in [2.24, 2.45) is 0 Å². The van der Waals surface area contributed by atoms with E-state index in [1.165, 1.54) is 0 Å². The predicted molar refractivity (Wildman–Crippen MR) is 30.5 cm³/mol. The summed E-state index contributed by atoms with van der Waals surface area (Å²) in [5, 5.41) is 0. The van der Waals surface area contributed by atoms with Crippen LogP contribution in [0.15, 0.2) is 0 Å². The zero-order valence-corrected chi connectivity index (χ0v) is 5.05. The summed E-state index contributed by atoms with van der Waals surface area (Å²) < 4.78 is -1.01. The molecule has 0 aromatic heterocycles. The highest BCUT2D eigenvalue weighted by Crippen LogP contribution is 2.18. The highest BCUT2D eigenvalue weighted by atomic mass is 35.5. The summed E-state index contributed by atoms with van der Waals surface area (Å²) in [5.41, 5.74) is 0. The molecule has 0 aromatic rings. The van der Waals surface area contributed by atoms with Gasteiger partial charge in [0.15, 0.2) is 0 Å². The number of hydrogen-bond acceptors (Lipinski definition) is 0. The smallest absolute Gasteiger partial charge is 0.113 e. The summed E-state index contributed by atoms with van der Waals surface area (Å²) in [6, 6.07) is 0. The lowest BCUT2D eigenvalue weighted by molar-refractivity contribution is 0.973. The molecule has 6 heavy (non-hydrogen) atoms. The number of hydrogen-bond donors (Lipinski definition) is 0. The molecule has 0 fully saturated rings. The van der Waals surface area contributed by atoms with Crippen LogP contribution in [-0.2, 0) is 0 Å². The van der Waals surface area contributed by atoms with Crippen LogP contribution < -0.4 is 0 Å². The molecule has 0 aromatic carbocycles. The van der Waals surface area contributed by atoms with Crippen molar-refractivity contribution < 1.29 is 0 Å². The number of rotatable bonds is 1. The van der Waals surface area contributed by atoms with Gasteiger partial charge in [0.1, 0.15) is 7.85 Å². The van der Waals surface area contributed by atoms with Crippen LogP contribution in [0.1, 0.15) is 13.3 Å². The van der Waals surface area contributed by atoms with Gasteiger partial charge in [-0.1, -0.05) is 6.92 Å². The van der Waals surface area contributed by atoms with E-state index in [2.05, 4.69) is 0 Å². The second-order valence-electron chi connectivity index (χ2n) is 1.11. The first kappa shape index (κ1) is 6.64. The minimum atomic E-state index is -1.01. The molecular weight excluding hydrogens is 118 g/mol. The van der Waals surface area contributed by atoms with Crippen LogP contribution in [0, 0.1) is 0 Å². The molecule has 0 amide bonds. The maximum Gasteiger partial charge on any atom is 0.119 e. The van der Waals surface area contributed by atoms with Gasteiger partial charge in [-0.25, -0.2) is 0 Å². The molecule has 0 saturated carbocycles. The van der Waals surface area contributed by atoms with E-state index in [4.69, 9.17) is 31.0 Å². The molecule has 0 aliphatic rings. The Hall–Kier alpha value is 0.645. The van der Waals surface area contributed by atoms with Gasteiger partial charge in [0.2, 0.25) is 0 Å². The molecule has 0 nitrogen and oxygen atoms in total. The number of halogens is 2. The molecule has 0 heterocycles. The van der Waals surface area contributed by atoms with Crippen molar-refractivity contribution in [1.82, 2.24) is 0 Å². The van der Waals surface area contributed by atoms with Crippen molar-refractivity contribution in [1.29, 1.82) is 0 Å². The third-order valence-electron chi connectivity index (χ3n) is 0.471. The van der Waals surface area contributed by atoms with Crippen molar-refractivity contribution >= 4 is 31.0 Å². The van der Waals surface area contributed by atoms with E-state index in [0.717, 1.165) is 0 Å². The molecule has 0 saturated heterocycles. The Morgan fingerprint density at radius 2 is 1.83 bits per heavy atom. The van der Waals surface area contributed by atoms with E-state index in [9.17, 15) is 0 Å². The summed E-state index contributed by atoms with van der Waals surface area (Å²) in [5.74, 6) is 0. The Kier molecular flexibility index (Phi) is 2.31. The first-order valence-electron chi connectivity index (χ1n) is 1.73. The highest BCUT2D eigenvalue weighted by molar-refractivity contribution is 6.65. The van der Waals surface area contributed by atoms with Gasteiger partial charge in [-0.3, -0.25) is 0 Å². The van der Waals surface area contributed by atoms with Crippen LogP contribution in [0.3, 0.4) is 0 Å². The van der Waals surface area contributed by atoms with Crippen LogP contribution in [0.4, 0.5) is 0 Å². The molecule has 0 aliphatic heterocycles. The predicted octanol–water partition coefficient (Wildman–Crippen LogP) is 1.70. The third kappa shape index (κ3) is 4.64. The summed E-state index contributed by atoms with van der Waals surface area (Å²) in [4.78, 5) is 0. The Morgan fingerprint density at radius 3 is 1.83 bits per heavy atom. The first-order chi connectivity index (χ1) is 2.56. The van der Waals surface area contributed by atoms with E-state index in [0.29, 0.717) is 6.42 Å². The monoisotopic (exact) mass is 122 g/mol. The lowest BCUT2D eigenvalue weighted by Gasteiger charge is -2.06. The fraction of sp³-hybridized carbons (Fsp3) is 1.00. The average molecular weight is 123 g/mol. The Bertz CT molecular complexity index is 38.5. The molecule has 34 valence electrons. The average Bonchev–Trinajstić information content (AvgIpc) is 1.35. The molecule has 0 unspecified atom stereocenters. The molecule has 0 bridgehead atoms. The second kappa shape index (κ2) is 2.08. The first-order valence-corrected chi connectivity index (χ1v) is 2.48. The minimum Gasteiger partial charge on any atom is -0.113 e. The van der Waals surface area contributed by atoms with Crippen LogP contribution in [0.25, 0.3) is 0 Å². The minimum absolute atomic E-state index is 0.579. The quantitative estimate of drug-likeness (QED) is 0.367. The van der Waals surface area contributed by atoms with Crippen LogP contribution in [0.2, 0.25) is 0 Å². The Morgan fingerprint density at radius 1 is 1.67 bits per heavy atom. The van der Waals surface area contributed by atoms with Gasteiger partial charge in [-0.05, 0) is 6.42 Å². The Labute approximate surface area is 49.2 Å². The standard InChI is InChI=1S/C3H5BCl2/c1-2-3(4,5)6/h2H2,1H3. The maximum atomic E-state index is 5.26. The van der Waals surface area contributed by atoms with Crippen LogP contribution in [-0.4, -0.2) is 12.1 Å². The van der Waals surface area contributed by atoms with E-state index in [-0.39, 0.29) is 0 Å². The topological polar surface area (TPSA) is 0 Å². The highest BCUT2D eigenvalue weighted by Gasteiger charge is 2.09. The fourth-order valence-corrected chi connectivity index (χ4v) is 0. The van der Waals surface area contributed by atoms with Crippen LogP contribution in [0.5, 0.6) is 0 Å². The van der Waals surface area contributed by atoms with Gasteiger partial charge in [0.05, 0.1) is 4.23 Å². The summed E-state index contributed by atoms with van der Waals surface area (Å²) >= 11 is 10.5. The lowest BCUT2D eigenvalue weighted by Crippen LogP contribution is -2.08.